The first kappa shape index (κ1) is 28.4. The molecule has 2 aromatic rings. The number of allylic oxidation sites excluding steroid dienone is 7. The summed E-state index contributed by atoms with van der Waals surface area (Å²) in [5.41, 5.74) is 4.98. The van der Waals surface area contributed by atoms with Gasteiger partial charge in [0.2, 0.25) is 0 Å². The Bertz CT molecular complexity index is 880. The van der Waals surface area contributed by atoms with Gasteiger partial charge in [0.15, 0.2) is 0 Å². The lowest BCUT2D eigenvalue weighted by Gasteiger charge is -2.14. The third-order valence-electron chi connectivity index (χ3n) is 4.69. The number of benzene rings is 2. The van der Waals surface area contributed by atoms with Crippen LogP contribution in [0.25, 0.3) is 10.8 Å². The minimum absolute atomic E-state index is 0.420. The van der Waals surface area contributed by atoms with Gasteiger partial charge in [0, 0.05) is 12.6 Å². The number of hydrogen-bond donors (Lipinski definition) is 1. The highest BCUT2D eigenvalue weighted by atomic mass is 14.9. The third kappa shape index (κ3) is 10.8. The average molecular weight is 418 g/mol. The molecule has 0 aliphatic heterocycles. The van der Waals surface area contributed by atoms with Crippen LogP contribution in [0.1, 0.15) is 60.5 Å². The van der Waals surface area contributed by atoms with E-state index in [-0.39, 0.29) is 0 Å². The molecule has 0 spiro atoms. The van der Waals surface area contributed by atoms with Gasteiger partial charge in [-0.05, 0) is 60.7 Å². The largest absolute Gasteiger partial charge is 0.310 e. The van der Waals surface area contributed by atoms with Gasteiger partial charge in [-0.3, -0.25) is 0 Å². The van der Waals surface area contributed by atoms with Gasteiger partial charge >= 0.3 is 0 Å². The van der Waals surface area contributed by atoms with Crippen molar-refractivity contribution in [3.63, 3.8) is 0 Å². The summed E-state index contributed by atoms with van der Waals surface area (Å²) >= 11 is 0. The van der Waals surface area contributed by atoms with E-state index < -0.39 is 0 Å². The molecule has 0 aliphatic carbocycles. The summed E-state index contributed by atoms with van der Waals surface area (Å²) in [6.07, 6.45) is 11.0. The molecule has 1 N–H and O–H groups in total. The Labute approximate surface area is 192 Å². The molecule has 2 rings (SSSR count). The average Bonchev–Trinajstić information content (AvgIpc) is 2.82. The highest BCUT2D eigenvalue weighted by Gasteiger charge is 2.03. The van der Waals surface area contributed by atoms with Crippen molar-refractivity contribution in [2.75, 3.05) is 0 Å². The summed E-state index contributed by atoms with van der Waals surface area (Å²) in [6.45, 7) is 23.0. The van der Waals surface area contributed by atoms with Gasteiger partial charge in [-0.2, -0.15) is 0 Å². The van der Waals surface area contributed by atoms with Crippen molar-refractivity contribution < 1.29 is 0 Å². The molecule has 2 aromatic carbocycles. The van der Waals surface area contributed by atoms with Crippen LogP contribution in [-0.4, -0.2) is 6.04 Å². The fraction of sp³-hybridized carbons (Fsp3) is 0.333. The summed E-state index contributed by atoms with van der Waals surface area (Å²) in [5.74, 6) is 0. The van der Waals surface area contributed by atoms with Crippen LogP contribution in [0.15, 0.2) is 103 Å². The van der Waals surface area contributed by atoms with Crippen molar-refractivity contribution >= 4 is 10.8 Å². The first-order chi connectivity index (χ1) is 15.0. The van der Waals surface area contributed by atoms with Crippen LogP contribution >= 0.6 is 0 Å². The van der Waals surface area contributed by atoms with Crippen molar-refractivity contribution in [1.82, 2.24) is 5.32 Å². The SMILES string of the molecule is C=C/C=C(C=C)/C(C)=C/C=C(\C)CC(C)NCc1ccc2ccccc2c1.CC.CC. The molecule has 0 aliphatic rings. The summed E-state index contributed by atoms with van der Waals surface area (Å²) in [4.78, 5) is 0. The quantitative estimate of drug-likeness (QED) is 0.401. The third-order valence-corrected chi connectivity index (χ3v) is 4.69. The number of rotatable bonds is 9. The molecule has 0 radical (unpaired) electrons. The second kappa shape index (κ2) is 17.1. The molecule has 0 fully saturated rings. The molecule has 0 aromatic heterocycles. The fourth-order valence-electron chi connectivity index (χ4n) is 3.11. The second-order valence-corrected chi connectivity index (χ2v) is 7.09. The first-order valence-corrected chi connectivity index (χ1v) is 11.5. The van der Waals surface area contributed by atoms with E-state index in [1.54, 1.807) is 6.08 Å². The zero-order chi connectivity index (χ0) is 23.6. The van der Waals surface area contributed by atoms with Gasteiger partial charge in [-0.1, -0.05) is 113 Å². The Hall–Kier alpha value is -2.64. The highest BCUT2D eigenvalue weighted by Crippen LogP contribution is 2.16. The van der Waals surface area contributed by atoms with Crippen LogP contribution in [0.4, 0.5) is 0 Å². The van der Waals surface area contributed by atoms with E-state index in [4.69, 9.17) is 0 Å². The maximum Gasteiger partial charge on any atom is 0.0208 e. The molecular weight excluding hydrogens is 374 g/mol. The van der Waals surface area contributed by atoms with Gasteiger partial charge in [0.1, 0.15) is 0 Å². The monoisotopic (exact) mass is 417 g/mol. The summed E-state index contributed by atoms with van der Waals surface area (Å²) in [5, 5.41) is 6.22. The lowest BCUT2D eigenvalue weighted by atomic mass is 10.0. The molecule has 168 valence electrons. The van der Waals surface area contributed by atoms with Gasteiger partial charge in [0.05, 0.1) is 0 Å². The van der Waals surface area contributed by atoms with E-state index in [9.17, 15) is 0 Å². The van der Waals surface area contributed by atoms with E-state index in [0.29, 0.717) is 6.04 Å². The Morgan fingerprint density at radius 3 is 2.16 bits per heavy atom. The van der Waals surface area contributed by atoms with Crippen LogP contribution in [0.5, 0.6) is 0 Å². The van der Waals surface area contributed by atoms with Crippen LogP contribution in [0, 0.1) is 0 Å². The summed E-state index contributed by atoms with van der Waals surface area (Å²) in [6, 6.07) is 15.6. The maximum absolute atomic E-state index is 3.86. The second-order valence-electron chi connectivity index (χ2n) is 7.09. The van der Waals surface area contributed by atoms with E-state index >= 15 is 0 Å². The van der Waals surface area contributed by atoms with Crippen LogP contribution < -0.4 is 5.32 Å². The first-order valence-electron chi connectivity index (χ1n) is 11.5. The lowest BCUT2D eigenvalue weighted by Crippen LogP contribution is -2.25. The normalized spacial score (nSPS) is 12.8. The van der Waals surface area contributed by atoms with Gasteiger partial charge < -0.3 is 5.32 Å². The topological polar surface area (TPSA) is 12.0 Å². The molecule has 0 saturated heterocycles. The van der Waals surface area contributed by atoms with E-state index in [1.165, 1.54) is 27.5 Å². The van der Waals surface area contributed by atoms with Gasteiger partial charge in [-0.15, -0.1) is 0 Å². The smallest absolute Gasteiger partial charge is 0.0208 e. The Kier molecular flexibility index (Phi) is 15.6. The van der Waals surface area contributed by atoms with E-state index in [2.05, 4.69) is 93.9 Å². The molecule has 1 nitrogen and oxygen atoms in total. The predicted octanol–water partition coefficient (Wildman–Crippen LogP) is 8.95. The Morgan fingerprint density at radius 1 is 0.903 bits per heavy atom. The van der Waals surface area contributed by atoms with Crippen molar-refractivity contribution in [3.8, 4) is 0 Å². The van der Waals surface area contributed by atoms with Crippen LogP contribution in [-0.2, 0) is 6.54 Å². The van der Waals surface area contributed by atoms with Crippen molar-refractivity contribution in [3.05, 3.63) is 108 Å². The highest BCUT2D eigenvalue weighted by molar-refractivity contribution is 5.82. The zero-order valence-electron chi connectivity index (χ0n) is 20.8. The van der Waals surface area contributed by atoms with E-state index in [0.717, 1.165) is 18.5 Å². The fourth-order valence-corrected chi connectivity index (χ4v) is 3.11. The van der Waals surface area contributed by atoms with Crippen molar-refractivity contribution in [2.24, 2.45) is 0 Å². The maximum atomic E-state index is 3.86. The van der Waals surface area contributed by atoms with Crippen molar-refractivity contribution in [2.45, 2.75) is 67.5 Å². The molecule has 0 amide bonds. The summed E-state index contributed by atoms with van der Waals surface area (Å²) in [7, 11) is 0. The number of hydrogen-bond acceptors (Lipinski definition) is 1. The minimum atomic E-state index is 0.420. The zero-order valence-corrected chi connectivity index (χ0v) is 20.8. The Balaban J connectivity index is 0.00000212. The van der Waals surface area contributed by atoms with E-state index in [1.807, 2.05) is 39.8 Å². The standard InChI is InChI=1S/C26H31N.2C2H6/c1-6-10-24(7-2)21(4)14-13-20(3)17-22(5)27-19-23-15-16-25-11-8-9-12-26(25)18-23;2*1-2/h6-16,18,22,27H,1-2,17,19H2,3-5H3;2*1-2H3/b20-13+,21-14+,24-10+;;. The summed E-state index contributed by atoms with van der Waals surface area (Å²) < 4.78 is 0. The number of fused-ring (bicyclic) bond motifs is 1. The van der Waals surface area contributed by atoms with Gasteiger partial charge in [-0.25, -0.2) is 0 Å². The molecule has 0 saturated carbocycles. The van der Waals surface area contributed by atoms with Crippen LogP contribution in [0.2, 0.25) is 0 Å². The molecule has 1 atom stereocenters. The Morgan fingerprint density at radius 2 is 1.55 bits per heavy atom. The molecule has 31 heavy (non-hydrogen) atoms. The van der Waals surface area contributed by atoms with Gasteiger partial charge in [0.25, 0.3) is 0 Å². The van der Waals surface area contributed by atoms with Crippen LogP contribution in [0.3, 0.4) is 0 Å². The molecule has 1 unspecified atom stereocenters. The minimum Gasteiger partial charge on any atom is -0.310 e. The van der Waals surface area contributed by atoms with Crippen molar-refractivity contribution in [1.29, 1.82) is 0 Å². The predicted molar refractivity (Wildman–Crippen MR) is 144 cm³/mol. The molecule has 0 bridgehead atoms. The number of nitrogens with one attached hydrogen (secondary N) is 1. The molecule has 0 heterocycles. The molecule has 1 heteroatoms. The molecular formula is C30H43N. The lowest BCUT2D eigenvalue weighted by molar-refractivity contribution is 0.544.